The van der Waals surface area contributed by atoms with Gasteiger partial charge in [-0.25, -0.2) is 0 Å². The Morgan fingerprint density at radius 3 is 2.50 bits per heavy atom. The summed E-state index contributed by atoms with van der Waals surface area (Å²) in [7, 11) is 1.64. The Morgan fingerprint density at radius 1 is 1.00 bits per heavy atom. The molecule has 6 rings (SSSR count). The first kappa shape index (κ1) is 32.5. The molecule has 3 heterocycles. The van der Waals surface area contributed by atoms with Gasteiger partial charge in [0.25, 0.3) is 0 Å². The third-order valence-corrected chi connectivity index (χ3v) is 8.99. The van der Waals surface area contributed by atoms with Gasteiger partial charge >= 0.3 is 0 Å². The zero-order chi connectivity index (χ0) is 33.3. The zero-order valence-electron chi connectivity index (χ0n) is 26.9. The molecule has 1 atom stereocenters. The monoisotopic (exact) mass is 645 g/mol. The highest BCUT2D eigenvalue weighted by molar-refractivity contribution is 5.90. The molecular weight excluding hydrogens is 606 g/mol. The van der Waals surface area contributed by atoms with E-state index in [2.05, 4.69) is 48.6 Å². The lowest BCUT2D eigenvalue weighted by atomic mass is 9.81. The summed E-state index contributed by atoms with van der Waals surface area (Å²) in [6.45, 7) is 0.869. The topological polar surface area (TPSA) is 147 Å². The molecule has 3 N–H and O–H groups in total. The van der Waals surface area contributed by atoms with E-state index in [0.29, 0.717) is 51.3 Å². The van der Waals surface area contributed by atoms with Gasteiger partial charge in [0.2, 0.25) is 11.8 Å². The Balaban J connectivity index is 1.30. The second-order valence-electron chi connectivity index (χ2n) is 12.1. The van der Waals surface area contributed by atoms with Crippen molar-refractivity contribution in [3.63, 3.8) is 0 Å². The number of benzene rings is 3. The predicted molar refractivity (Wildman–Crippen MR) is 180 cm³/mol. The molecule has 246 valence electrons. The molecule has 0 radical (unpaired) electrons. The lowest BCUT2D eigenvalue weighted by Gasteiger charge is -2.29. The zero-order valence-corrected chi connectivity index (χ0v) is 26.9. The van der Waals surface area contributed by atoms with Crippen molar-refractivity contribution in [2.75, 3.05) is 26.9 Å². The van der Waals surface area contributed by atoms with Gasteiger partial charge < -0.3 is 29.7 Å². The Morgan fingerprint density at radius 2 is 1.75 bits per heavy atom. The van der Waals surface area contributed by atoms with Gasteiger partial charge in [-0.2, -0.15) is 5.26 Å². The van der Waals surface area contributed by atoms with Crippen molar-refractivity contribution in [1.29, 1.82) is 5.26 Å². The summed E-state index contributed by atoms with van der Waals surface area (Å²) in [6.07, 6.45) is 4.40. The molecule has 2 aromatic heterocycles. The van der Waals surface area contributed by atoms with Gasteiger partial charge in [-0.1, -0.05) is 60.7 Å². The Bertz CT molecular complexity index is 1890. The molecule has 1 saturated heterocycles. The van der Waals surface area contributed by atoms with Crippen LogP contribution in [0.4, 0.5) is 0 Å². The first-order chi connectivity index (χ1) is 23.5. The molecule has 3 aromatic carbocycles. The molecule has 2 amide bonds. The maximum atomic E-state index is 13.5. The number of carbonyl (C=O) groups excluding carboxylic acids is 2. The van der Waals surface area contributed by atoms with Gasteiger partial charge in [0.1, 0.15) is 17.0 Å². The first-order valence-electron chi connectivity index (χ1n) is 16.2. The minimum atomic E-state index is -1.20. The van der Waals surface area contributed by atoms with E-state index in [0.717, 1.165) is 40.0 Å². The smallest absolute Gasteiger partial charge is 0.241 e. The van der Waals surface area contributed by atoms with E-state index in [9.17, 15) is 14.9 Å². The van der Waals surface area contributed by atoms with Crippen LogP contribution < -0.4 is 15.4 Å². The molecule has 1 aliphatic heterocycles. The van der Waals surface area contributed by atoms with E-state index >= 15 is 0 Å². The molecule has 1 fully saturated rings. The molecule has 11 heteroatoms. The first-order valence-corrected chi connectivity index (χ1v) is 16.2. The van der Waals surface area contributed by atoms with E-state index < -0.39 is 23.3 Å². The molecule has 0 saturated carbocycles. The minimum absolute atomic E-state index is 0.277. The number of fused-ring (bicyclic) bond motifs is 1. The summed E-state index contributed by atoms with van der Waals surface area (Å²) < 4.78 is 12.8. The summed E-state index contributed by atoms with van der Waals surface area (Å²) in [4.78, 5) is 30.0. The third kappa shape index (κ3) is 7.40. The van der Waals surface area contributed by atoms with Crippen LogP contribution in [0, 0.1) is 16.7 Å². The number of H-pyrrole nitrogens is 1. The second kappa shape index (κ2) is 15.0. The molecule has 5 aromatic rings. The molecule has 11 nitrogen and oxygen atoms in total. The van der Waals surface area contributed by atoms with Crippen molar-refractivity contribution >= 4 is 22.7 Å². The maximum absolute atomic E-state index is 13.5. The van der Waals surface area contributed by atoms with Gasteiger partial charge in [-0.15, -0.1) is 10.2 Å². The summed E-state index contributed by atoms with van der Waals surface area (Å²) in [5.41, 5.74) is 3.02. The van der Waals surface area contributed by atoms with Crippen molar-refractivity contribution in [3.05, 3.63) is 113 Å². The van der Waals surface area contributed by atoms with Gasteiger partial charge in [-0.3, -0.25) is 9.59 Å². The fourth-order valence-corrected chi connectivity index (χ4v) is 6.19. The van der Waals surface area contributed by atoms with Crippen molar-refractivity contribution in [1.82, 2.24) is 30.4 Å². The van der Waals surface area contributed by atoms with E-state index in [1.807, 2.05) is 72.9 Å². The second-order valence-corrected chi connectivity index (χ2v) is 12.1. The fraction of sp³-hybridized carbons (Fsp3) is 0.324. The van der Waals surface area contributed by atoms with Gasteiger partial charge in [0, 0.05) is 43.2 Å². The van der Waals surface area contributed by atoms with Crippen LogP contribution in [0.3, 0.4) is 0 Å². The lowest BCUT2D eigenvalue weighted by molar-refractivity contribution is -0.134. The summed E-state index contributed by atoms with van der Waals surface area (Å²) in [5, 5.41) is 26.0. The predicted octanol–water partition coefficient (Wildman–Crippen LogP) is 4.44. The molecule has 48 heavy (non-hydrogen) atoms. The number of rotatable bonds is 13. The Hall–Kier alpha value is -5.47. The number of ether oxygens (including phenoxy) is 2. The number of methoxy groups -OCH3 is 1. The highest BCUT2D eigenvalue weighted by Crippen LogP contribution is 2.30. The molecule has 0 spiro atoms. The van der Waals surface area contributed by atoms with Crippen LogP contribution in [-0.4, -0.2) is 58.4 Å². The van der Waals surface area contributed by atoms with Crippen LogP contribution in [0.5, 0.6) is 5.75 Å². The van der Waals surface area contributed by atoms with Crippen molar-refractivity contribution in [2.24, 2.45) is 5.41 Å². The number of aromatic amines is 1. The number of nitrogens with one attached hydrogen (secondary N) is 3. The normalized spacial score (nSPS) is 14.6. The highest BCUT2D eigenvalue weighted by atomic mass is 16.5. The lowest BCUT2D eigenvalue weighted by Crippen LogP contribution is -2.47. The molecule has 0 unspecified atom stereocenters. The summed E-state index contributed by atoms with van der Waals surface area (Å²) in [5.74, 6) is 1.32. The summed E-state index contributed by atoms with van der Waals surface area (Å²) in [6, 6.07) is 27.7. The Labute approximate surface area is 279 Å². The molecule has 1 aliphatic rings. The van der Waals surface area contributed by atoms with Crippen molar-refractivity contribution in [2.45, 2.75) is 44.7 Å². The number of nitriles is 1. The number of amides is 2. The number of aromatic nitrogens is 4. The fourth-order valence-electron chi connectivity index (χ4n) is 6.19. The van der Waals surface area contributed by atoms with Crippen LogP contribution in [0.25, 0.3) is 10.9 Å². The van der Waals surface area contributed by atoms with Crippen LogP contribution in [-0.2, 0) is 40.1 Å². The molecule has 0 bridgehead atoms. The largest absolute Gasteiger partial charge is 0.497 e. The number of hydrogen-bond acceptors (Lipinski definition) is 7. The van der Waals surface area contributed by atoms with Crippen molar-refractivity contribution < 1.29 is 19.1 Å². The number of hydrogen-bond donors (Lipinski definition) is 3. The SMILES string of the molecule is COc1ccc(Cn2c(CCc3ccccc3)nnc2[C@@H](Cc2c[nH]c3ccccc23)NC(=O)CNC(=O)C2(C#N)CCOCC2)cc1. The third-order valence-electron chi connectivity index (χ3n) is 8.99. The standard InChI is InChI=1S/C37H39N7O4/c1-47-29-14-11-27(12-15-29)24-44-33(16-13-26-7-3-2-4-8-26)42-43-35(44)32(21-28-22-39-31-10-6-5-9-30(28)31)41-34(45)23-40-36(46)37(25-38)17-19-48-20-18-37/h2-12,14-15,22,32,39H,13,16-21,23-24H2,1H3,(H,40,46)(H,41,45)/t32-/m1/s1. The molecule has 0 aliphatic carbocycles. The van der Waals surface area contributed by atoms with Crippen LogP contribution in [0.15, 0.2) is 85.1 Å². The average molecular weight is 646 g/mol. The van der Waals surface area contributed by atoms with Crippen LogP contribution >= 0.6 is 0 Å². The van der Waals surface area contributed by atoms with E-state index in [4.69, 9.17) is 9.47 Å². The number of para-hydroxylation sites is 1. The quantitative estimate of drug-likeness (QED) is 0.172. The Kier molecular flexibility index (Phi) is 10.1. The highest BCUT2D eigenvalue weighted by Gasteiger charge is 2.40. The van der Waals surface area contributed by atoms with Gasteiger partial charge in [0.15, 0.2) is 5.82 Å². The number of carbonyl (C=O) groups is 2. The summed E-state index contributed by atoms with van der Waals surface area (Å²) >= 11 is 0. The van der Waals surface area contributed by atoms with Gasteiger partial charge in [0.05, 0.1) is 32.3 Å². The average Bonchev–Trinajstić information content (AvgIpc) is 3.74. The van der Waals surface area contributed by atoms with E-state index in [1.54, 1.807) is 7.11 Å². The van der Waals surface area contributed by atoms with E-state index in [1.165, 1.54) is 5.56 Å². The van der Waals surface area contributed by atoms with Crippen LogP contribution in [0.1, 0.15) is 47.2 Å². The maximum Gasteiger partial charge on any atom is 0.241 e. The number of nitrogens with zero attached hydrogens (tertiary/aromatic N) is 4. The van der Waals surface area contributed by atoms with Crippen LogP contribution in [0.2, 0.25) is 0 Å². The number of aryl methyl sites for hydroxylation is 2. The van der Waals surface area contributed by atoms with Crippen molar-refractivity contribution in [3.8, 4) is 11.8 Å². The molecular formula is C37H39N7O4. The van der Waals surface area contributed by atoms with E-state index in [-0.39, 0.29) is 6.54 Å². The minimum Gasteiger partial charge on any atom is -0.497 e. The van der Waals surface area contributed by atoms with Gasteiger partial charge in [-0.05, 0) is 54.2 Å².